The van der Waals surface area contributed by atoms with E-state index in [2.05, 4.69) is 33.6 Å². The normalized spacial score (nSPS) is 13.3. The zero-order chi connectivity index (χ0) is 26.2. The van der Waals surface area contributed by atoms with Gasteiger partial charge < -0.3 is 4.74 Å². The van der Waals surface area contributed by atoms with Gasteiger partial charge in [0.1, 0.15) is 6.54 Å². The molecule has 1 aliphatic heterocycles. The molecule has 1 aromatic heterocycles. The minimum absolute atomic E-state index is 0.0625. The number of carbonyl (C=O) groups excluding carboxylic acids is 1. The highest BCUT2D eigenvalue weighted by Crippen LogP contribution is 2.33. The summed E-state index contributed by atoms with van der Waals surface area (Å²) in [7, 11) is 0. The van der Waals surface area contributed by atoms with E-state index in [4.69, 9.17) is 33.2 Å². The number of hydrazine groups is 1. The first-order valence-electron chi connectivity index (χ1n) is 11.5. The van der Waals surface area contributed by atoms with E-state index >= 15 is 0 Å². The molecule has 4 rings (SSSR count). The van der Waals surface area contributed by atoms with E-state index in [1.807, 2.05) is 24.3 Å². The zero-order valence-electron chi connectivity index (χ0n) is 19.7. The highest BCUT2D eigenvalue weighted by Gasteiger charge is 2.27. The molecule has 1 saturated heterocycles. The van der Waals surface area contributed by atoms with Crippen molar-refractivity contribution in [2.24, 2.45) is 5.18 Å². The number of nitrogens with one attached hydrogen (secondary N) is 1. The molecule has 1 aliphatic rings. The van der Waals surface area contributed by atoms with Gasteiger partial charge in [-0.3, -0.25) is 10.2 Å². The number of ether oxygens (including phenoxy) is 1. The van der Waals surface area contributed by atoms with Crippen molar-refractivity contribution in [3.63, 3.8) is 0 Å². The predicted octanol–water partition coefficient (Wildman–Crippen LogP) is 4.74. The first-order chi connectivity index (χ1) is 18.0. The number of unbranched alkanes of at least 4 members (excludes halogenated alkanes) is 1. The van der Waals surface area contributed by atoms with Crippen LogP contribution in [0.1, 0.15) is 34.5 Å². The van der Waals surface area contributed by atoms with E-state index in [1.165, 1.54) is 4.68 Å². The van der Waals surface area contributed by atoms with Crippen LogP contribution < -0.4 is 5.43 Å². The molecule has 0 spiro atoms. The second kappa shape index (κ2) is 12.5. The second-order valence-electron chi connectivity index (χ2n) is 8.05. The van der Waals surface area contributed by atoms with Crippen LogP contribution in [0.5, 0.6) is 0 Å². The van der Waals surface area contributed by atoms with Gasteiger partial charge in [0, 0.05) is 47.6 Å². The molecule has 0 bridgehead atoms. The van der Waals surface area contributed by atoms with Gasteiger partial charge >= 0.3 is 0 Å². The maximum atomic E-state index is 13.3. The Balaban J connectivity index is 1.80. The Morgan fingerprint density at radius 3 is 2.57 bits per heavy atom. The Morgan fingerprint density at radius 1 is 1.14 bits per heavy atom. The van der Waals surface area contributed by atoms with E-state index in [-0.39, 0.29) is 12.2 Å². The molecule has 1 fully saturated rings. The summed E-state index contributed by atoms with van der Waals surface area (Å²) in [6.45, 7) is 1.77. The minimum Gasteiger partial charge on any atom is -0.379 e. The number of carbonyl (C=O) groups is 1. The molecule has 1 amide bonds. The number of amides is 1. The summed E-state index contributed by atoms with van der Waals surface area (Å²) in [5.74, 6) is 5.51. The molecule has 1 N–H and O–H groups in total. The fourth-order valence-electron chi connectivity index (χ4n) is 3.84. The maximum absolute atomic E-state index is 13.3. The van der Waals surface area contributed by atoms with Gasteiger partial charge in [0.05, 0.1) is 35.7 Å². The molecule has 0 saturated carbocycles. The number of benzene rings is 2. The third-order valence-corrected chi connectivity index (χ3v) is 6.12. The lowest BCUT2D eigenvalue weighted by atomic mass is 10.0. The van der Waals surface area contributed by atoms with Crippen LogP contribution in [0.4, 0.5) is 0 Å². The summed E-state index contributed by atoms with van der Waals surface area (Å²) in [5.41, 5.74) is 5.70. The largest absolute Gasteiger partial charge is 0.379 e. The molecule has 0 unspecified atom stereocenters. The highest BCUT2D eigenvalue weighted by atomic mass is 35.5. The molecule has 0 radical (unpaired) electrons. The molecule has 3 aromatic rings. The molecule has 11 heteroatoms. The number of halogens is 2. The Morgan fingerprint density at radius 2 is 1.89 bits per heavy atom. The van der Waals surface area contributed by atoms with Crippen LogP contribution in [-0.2, 0) is 11.3 Å². The lowest BCUT2D eigenvalue weighted by Gasteiger charge is -2.26. The summed E-state index contributed by atoms with van der Waals surface area (Å²) in [6.07, 6.45) is 0.848. The molecular weight excluding hydrogens is 515 g/mol. The molecule has 2 aromatic carbocycles. The van der Waals surface area contributed by atoms with Crippen LogP contribution in [0.15, 0.2) is 47.6 Å². The number of morpholine rings is 1. The quantitative estimate of drug-likeness (QED) is 0.265. The predicted molar refractivity (Wildman–Crippen MR) is 140 cm³/mol. The Hall–Kier alpha value is -3.73. The molecule has 0 atom stereocenters. The average Bonchev–Trinajstić information content (AvgIpc) is 3.27. The van der Waals surface area contributed by atoms with E-state index in [0.29, 0.717) is 71.7 Å². The third kappa shape index (κ3) is 6.34. The van der Waals surface area contributed by atoms with Crippen LogP contribution >= 0.6 is 23.2 Å². The standard InChI is InChI=1S/C26H22Cl2N6O3/c27-20-9-10-23(22(28)16-20)34-25(19-7-5-18(6-8-19)4-2-1-3-11-29)21(17-30-36)24(31-34)26(35)32-33-12-14-37-15-13-33/h5-10,16H,1,3,12-15,17H2,(H,32,35). The average molecular weight is 537 g/mol. The summed E-state index contributed by atoms with van der Waals surface area (Å²) in [6, 6.07) is 14.3. The van der Waals surface area contributed by atoms with Gasteiger partial charge in [-0.05, 0) is 30.3 Å². The van der Waals surface area contributed by atoms with Gasteiger partial charge in [-0.25, -0.2) is 9.69 Å². The van der Waals surface area contributed by atoms with E-state index < -0.39 is 5.91 Å². The fraction of sp³-hybridized carbons (Fsp3) is 0.269. The van der Waals surface area contributed by atoms with Crippen molar-refractivity contribution in [1.82, 2.24) is 20.2 Å². The van der Waals surface area contributed by atoms with Crippen LogP contribution in [-0.4, -0.2) is 47.0 Å². The van der Waals surface area contributed by atoms with Crippen molar-refractivity contribution in [3.8, 4) is 34.9 Å². The lowest BCUT2D eigenvalue weighted by molar-refractivity contribution is 0.0124. The molecule has 37 heavy (non-hydrogen) atoms. The van der Waals surface area contributed by atoms with E-state index in [0.717, 1.165) is 5.56 Å². The van der Waals surface area contributed by atoms with Crippen LogP contribution in [0.3, 0.4) is 0 Å². The first-order valence-corrected chi connectivity index (χ1v) is 12.2. The number of rotatable bonds is 7. The van der Waals surface area contributed by atoms with Gasteiger partial charge in [0.15, 0.2) is 5.69 Å². The highest BCUT2D eigenvalue weighted by molar-refractivity contribution is 6.35. The molecule has 2 heterocycles. The molecule has 188 valence electrons. The number of nitroso groups, excluding NO2 is 1. The van der Waals surface area contributed by atoms with E-state index in [9.17, 15) is 9.70 Å². The Labute approximate surface area is 223 Å². The minimum atomic E-state index is -0.467. The second-order valence-corrected chi connectivity index (χ2v) is 8.89. The van der Waals surface area contributed by atoms with Crippen LogP contribution in [0.2, 0.25) is 10.0 Å². The van der Waals surface area contributed by atoms with Gasteiger partial charge in [-0.1, -0.05) is 52.4 Å². The van der Waals surface area contributed by atoms with Crippen molar-refractivity contribution in [1.29, 1.82) is 5.26 Å². The Bertz CT molecular complexity index is 1400. The van der Waals surface area contributed by atoms with Crippen molar-refractivity contribution in [2.45, 2.75) is 19.4 Å². The lowest BCUT2D eigenvalue weighted by Crippen LogP contribution is -2.48. The van der Waals surface area contributed by atoms with Crippen molar-refractivity contribution in [3.05, 3.63) is 74.2 Å². The summed E-state index contributed by atoms with van der Waals surface area (Å²) in [4.78, 5) is 24.8. The van der Waals surface area contributed by atoms with Gasteiger partial charge in [-0.2, -0.15) is 15.3 Å². The van der Waals surface area contributed by atoms with Gasteiger partial charge in [0.25, 0.3) is 5.91 Å². The molecular formula is C26H22Cl2N6O3. The van der Waals surface area contributed by atoms with E-state index in [1.54, 1.807) is 23.2 Å². The number of nitrogens with zero attached hydrogens (tertiary/aromatic N) is 5. The fourth-order valence-corrected chi connectivity index (χ4v) is 4.33. The SMILES string of the molecule is N#CCCC#Cc1ccc(-c2c(CN=O)c(C(=O)NN3CCOCC3)nn2-c2ccc(Cl)cc2Cl)cc1. The van der Waals surface area contributed by atoms with Crippen LogP contribution in [0, 0.1) is 28.1 Å². The van der Waals surface area contributed by atoms with Crippen LogP contribution in [0.25, 0.3) is 16.9 Å². The first kappa shape index (κ1) is 26.3. The zero-order valence-corrected chi connectivity index (χ0v) is 21.2. The summed E-state index contributed by atoms with van der Waals surface area (Å²) < 4.78 is 6.87. The smallest absolute Gasteiger partial charge is 0.286 e. The van der Waals surface area contributed by atoms with Crippen molar-refractivity contribution < 1.29 is 9.53 Å². The van der Waals surface area contributed by atoms with Crippen molar-refractivity contribution >= 4 is 29.1 Å². The number of hydrogen-bond donors (Lipinski definition) is 1. The number of nitriles is 1. The topological polar surface area (TPSA) is 113 Å². The van der Waals surface area contributed by atoms with Crippen molar-refractivity contribution in [2.75, 3.05) is 26.3 Å². The molecule has 0 aliphatic carbocycles. The number of aromatic nitrogens is 2. The summed E-state index contributed by atoms with van der Waals surface area (Å²) >= 11 is 12.6. The van der Waals surface area contributed by atoms with Gasteiger partial charge in [0.2, 0.25) is 0 Å². The maximum Gasteiger partial charge on any atom is 0.286 e. The Kier molecular flexibility index (Phi) is 8.89. The van der Waals surface area contributed by atoms with Gasteiger partial charge in [-0.15, -0.1) is 0 Å². The number of hydrogen-bond acceptors (Lipinski definition) is 7. The third-order valence-electron chi connectivity index (χ3n) is 5.58. The summed E-state index contributed by atoms with van der Waals surface area (Å²) in [5, 5.41) is 18.9. The monoisotopic (exact) mass is 536 g/mol. The molecule has 9 nitrogen and oxygen atoms in total.